The van der Waals surface area contributed by atoms with Crippen molar-refractivity contribution >= 4 is 0 Å². The number of H-pyrrole nitrogens is 1. The maximum Gasteiger partial charge on any atom is 0.140 e. The van der Waals surface area contributed by atoms with Crippen LogP contribution in [0.1, 0.15) is 23.4 Å². The lowest BCUT2D eigenvalue weighted by Gasteiger charge is -2.18. The minimum absolute atomic E-state index is 0.532. The lowest BCUT2D eigenvalue weighted by Crippen LogP contribution is -2.21. The predicted molar refractivity (Wildman–Crippen MR) is 63.4 cm³/mol. The maximum atomic E-state index is 5.70. The first-order valence-electron chi connectivity index (χ1n) is 5.97. The molecule has 0 aliphatic heterocycles. The summed E-state index contributed by atoms with van der Waals surface area (Å²) in [4.78, 5) is 0. The molecular formula is C12H16N4O. The standard InChI is InChI=1S/C12H16N4O/c1-7-4-10(15-14-7)12-9-3-2-8(6-13)5-11(9)17-16-12/h4,8H,2-3,5-6,13H2,1H3,(H,14,15). The fourth-order valence-electron chi connectivity index (χ4n) is 2.42. The molecule has 0 amide bonds. The number of hydrogen-bond acceptors (Lipinski definition) is 4. The van der Waals surface area contributed by atoms with Crippen molar-refractivity contribution in [2.24, 2.45) is 11.7 Å². The van der Waals surface area contributed by atoms with Crippen LogP contribution in [0, 0.1) is 12.8 Å². The van der Waals surface area contributed by atoms with Gasteiger partial charge in [0.2, 0.25) is 0 Å². The molecule has 0 saturated carbocycles. The van der Waals surface area contributed by atoms with Gasteiger partial charge in [0, 0.05) is 17.7 Å². The Morgan fingerprint density at radius 1 is 1.59 bits per heavy atom. The fraction of sp³-hybridized carbons (Fsp3) is 0.500. The van der Waals surface area contributed by atoms with E-state index in [4.69, 9.17) is 10.3 Å². The van der Waals surface area contributed by atoms with Crippen LogP contribution in [0.15, 0.2) is 10.6 Å². The molecule has 1 atom stereocenters. The van der Waals surface area contributed by atoms with E-state index >= 15 is 0 Å². The summed E-state index contributed by atoms with van der Waals surface area (Å²) in [6, 6.07) is 1.99. The molecule has 3 rings (SSSR count). The van der Waals surface area contributed by atoms with Crippen molar-refractivity contribution in [2.75, 3.05) is 6.54 Å². The minimum atomic E-state index is 0.532. The molecule has 1 aliphatic rings. The topological polar surface area (TPSA) is 80.7 Å². The summed E-state index contributed by atoms with van der Waals surface area (Å²) in [6.45, 7) is 2.70. The van der Waals surface area contributed by atoms with Gasteiger partial charge in [0.05, 0.1) is 0 Å². The monoisotopic (exact) mass is 232 g/mol. The highest BCUT2D eigenvalue weighted by atomic mass is 16.5. The third-order valence-corrected chi connectivity index (χ3v) is 3.43. The van der Waals surface area contributed by atoms with Crippen molar-refractivity contribution in [3.63, 3.8) is 0 Å². The van der Waals surface area contributed by atoms with Gasteiger partial charge < -0.3 is 10.3 Å². The van der Waals surface area contributed by atoms with Gasteiger partial charge in [0.25, 0.3) is 0 Å². The van der Waals surface area contributed by atoms with Crippen LogP contribution in [0.3, 0.4) is 0 Å². The molecule has 2 aromatic rings. The third kappa shape index (κ3) is 1.76. The van der Waals surface area contributed by atoms with Crippen molar-refractivity contribution in [2.45, 2.75) is 26.2 Å². The van der Waals surface area contributed by atoms with Crippen LogP contribution in [-0.4, -0.2) is 21.9 Å². The Morgan fingerprint density at radius 3 is 3.18 bits per heavy atom. The molecule has 5 nitrogen and oxygen atoms in total. The molecule has 90 valence electrons. The lowest BCUT2D eigenvalue weighted by atomic mass is 9.87. The summed E-state index contributed by atoms with van der Waals surface area (Å²) in [7, 11) is 0. The first-order valence-corrected chi connectivity index (χ1v) is 5.97. The average Bonchev–Trinajstić information content (AvgIpc) is 2.93. The number of nitrogens with two attached hydrogens (primary N) is 1. The first kappa shape index (κ1) is 10.5. The molecule has 5 heteroatoms. The minimum Gasteiger partial charge on any atom is -0.360 e. The highest BCUT2D eigenvalue weighted by molar-refractivity contribution is 5.59. The first-order chi connectivity index (χ1) is 8.28. The number of aryl methyl sites for hydroxylation is 1. The molecule has 0 fully saturated rings. The Hall–Kier alpha value is -1.62. The van der Waals surface area contributed by atoms with Crippen LogP contribution in [0.25, 0.3) is 11.4 Å². The zero-order valence-electron chi connectivity index (χ0n) is 9.86. The summed E-state index contributed by atoms with van der Waals surface area (Å²) < 4.78 is 5.42. The fourth-order valence-corrected chi connectivity index (χ4v) is 2.42. The second-order valence-corrected chi connectivity index (χ2v) is 4.71. The molecule has 0 saturated heterocycles. The smallest absolute Gasteiger partial charge is 0.140 e. The quantitative estimate of drug-likeness (QED) is 0.820. The highest BCUT2D eigenvalue weighted by Crippen LogP contribution is 2.32. The molecule has 17 heavy (non-hydrogen) atoms. The molecule has 1 aliphatic carbocycles. The number of fused-ring (bicyclic) bond motifs is 1. The van der Waals surface area contributed by atoms with Gasteiger partial charge in [-0.25, -0.2) is 0 Å². The van der Waals surface area contributed by atoms with Crippen molar-refractivity contribution in [1.82, 2.24) is 15.4 Å². The van der Waals surface area contributed by atoms with Crippen LogP contribution >= 0.6 is 0 Å². The van der Waals surface area contributed by atoms with Gasteiger partial charge in [-0.15, -0.1) is 0 Å². The molecular weight excluding hydrogens is 216 g/mol. The van der Waals surface area contributed by atoms with Gasteiger partial charge >= 0.3 is 0 Å². The highest BCUT2D eigenvalue weighted by Gasteiger charge is 2.26. The number of rotatable bonds is 2. The Kier molecular flexibility index (Phi) is 2.48. The van der Waals surface area contributed by atoms with Gasteiger partial charge in [-0.2, -0.15) is 5.10 Å². The molecule has 3 N–H and O–H groups in total. The zero-order chi connectivity index (χ0) is 11.8. The Morgan fingerprint density at radius 2 is 2.47 bits per heavy atom. The second-order valence-electron chi connectivity index (χ2n) is 4.71. The Balaban J connectivity index is 1.96. The summed E-state index contributed by atoms with van der Waals surface area (Å²) in [6.07, 6.45) is 3.01. The van der Waals surface area contributed by atoms with Crippen molar-refractivity contribution < 1.29 is 4.52 Å². The third-order valence-electron chi connectivity index (χ3n) is 3.43. The summed E-state index contributed by atoms with van der Waals surface area (Å²) in [5.41, 5.74) is 9.71. The van der Waals surface area contributed by atoms with Crippen molar-refractivity contribution in [1.29, 1.82) is 0 Å². The molecule has 1 unspecified atom stereocenters. The SMILES string of the molecule is Cc1cc(-c2noc3c2CCC(CN)C3)n[nH]1. The van der Waals surface area contributed by atoms with E-state index in [1.54, 1.807) is 0 Å². The zero-order valence-corrected chi connectivity index (χ0v) is 9.86. The van der Waals surface area contributed by atoms with Crippen LogP contribution in [0.5, 0.6) is 0 Å². The number of aromatic amines is 1. The van der Waals surface area contributed by atoms with Crippen LogP contribution in [-0.2, 0) is 12.8 Å². The average molecular weight is 232 g/mol. The van der Waals surface area contributed by atoms with Gasteiger partial charge in [-0.3, -0.25) is 5.10 Å². The Labute approximate surface area is 99.4 Å². The summed E-state index contributed by atoms with van der Waals surface area (Å²) in [5.74, 6) is 1.52. The molecule has 0 spiro atoms. The Bertz CT molecular complexity index is 528. The van der Waals surface area contributed by atoms with E-state index in [0.717, 1.165) is 48.6 Å². The van der Waals surface area contributed by atoms with E-state index in [1.807, 2.05) is 13.0 Å². The number of aromatic nitrogens is 3. The van der Waals surface area contributed by atoms with E-state index in [1.165, 1.54) is 5.56 Å². The predicted octanol–water partition coefficient (Wildman–Crippen LogP) is 1.44. The van der Waals surface area contributed by atoms with E-state index in [0.29, 0.717) is 5.92 Å². The van der Waals surface area contributed by atoms with Crippen LogP contribution in [0.4, 0.5) is 0 Å². The normalized spacial score (nSPS) is 19.3. The second kappa shape index (κ2) is 4.00. The largest absolute Gasteiger partial charge is 0.360 e. The number of nitrogens with one attached hydrogen (secondary N) is 1. The van der Waals surface area contributed by atoms with E-state index < -0.39 is 0 Å². The molecule has 2 heterocycles. The number of hydrogen-bond donors (Lipinski definition) is 2. The van der Waals surface area contributed by atoms with E-state index in [-0.39, 0.29) is 0 Å². The summed E-state index contributed by atoms with van der Waals surface area (Å²) in [5, 5.41) is 11.3. The molecule has 0 aromatic carbocycles. The molecule has 0 radical (unpaired) electrons. The van der Waals surface area contributed by atoms with E-state index in [9.17, 15) is 0 Å². The van der Waals surface area contributed by atoms with Crippen molar-refractivity contribution in [3.05, 3.63) is 23.1 Å². The van der Waals surface area contributed by atoms with Gasteiger partial charge in [0.15, 0.2) is 0 Å². The molecule has 0 bridgehead atoms. The maximum absolute atomic E-state index is 5.70. The number of nitrogens with zero attached hydrogens (tertiary/aromatic N) is 2. The van der Waals surface area contributed by atoms with Crippen molar-refractivity contribution in [3.8, 4) is 11.4 Å². The van der Waals surface area contributed by atoms with E-state index in [2.05, 4.69) is 15.4 Å². The van der Waals surface area contributed by atoms with Gasteiger partial charge in [0.1, 0.15) is 17.1 Å². The van der Waals surface area contributed by atoms with Gasteiger partial charge in [-0.1, -0.05) is 5.16 Å². The van der Waals surface area contributed by atoms with Crippen LogP contribution in [0.2, 0.25) is 0 Å². The molecule has 2 aromatic heterocycles. The van der Waals surface area contributed by atoms with Gasteiger partial charge in [-0.05, 0) is 38.3 Å². The van der Waals surface area contributed by atoms with Crippen LogP contribution < -0.4 is 5.73 Å². The summed E-state index contributed by atoms with van der Waals surface area (Å²) >= 11 is 0. The lowest BCUT2D eigenvalue weighted by molar-refractivity contribution is 0.340.